The van der Waals surface area contributed by atoms with Gasteiger partial charge >= 0.3 is 17.9 Å². The van der Waals surface area contributed by atoms with Crippen molar-refractivity contribution in [2.75, 3.05) is 19.0 Å². The number of carboxylic acid groups (broad SMARTS) is 3. The highest BCUT2D eigenvalue weighted by atomic mass is 16.4. The van der Waals surface area contributed by atoms with Gasteiger partial charge in [0.2, 0.25) is 0 Å². The van der Waals surface area contributed by atoms with Crippen LogP contribution in [-0.4, -0.2) is 64.2 Å². The highest BCUT2D eigenvalue weighted by molar-refractivity contribution is 6.11. The number of hydrogen-bond donors (Lipinski definition) is 7. The number of amides is 2. The fraction of sp³-hybridized carbons (Fsp3) is 0.0755. The van der Waals surface area contributed by atoms with Crippen molar-refractivity contribution in [3.05, 3.63) is 182 Å². The number of carbonyl (C=O) groups excluding carboxylic acids is 2. The normalized spacial score (nSPS) is 11.2. The SMILES string of the molecule is CN(C)c1ccc2c(-c3ccc(C(=O)NCc4ccc(C(=O)NCc5c6oc7cc(O)ccc7c(-c7ccc(C(=O)O)cc7C(=O)O)c-6ccc5=O)cc4)cc3C(=O)O)c3ccc(=N)cc-3oc2c1. The van der Waals surface area contributed by atoms with Crippen LogP contribution in [0.2, 0.25) is 0 Å². The Kier molecular flexibility index (Phi) is 11.4. The number of aromatic hydroxyl groups is 1. The van der Waals surface area contributed by atoms with Crippen LogP contribution in [0, 0.1) is 5.41 Å². The summed E-state index contributed by atoms with van der Waals surface area (Å²) in [6.07, 6.45) is 0. The average Bonchev–Trinajstić information content (AvgIpc) is 3.33. The van der Waals surface area contributed by atoms with Gasteiger partial charge in [-0.25, -0.2) is 14.4 Å². The third kappa shape index (κ3) is 8.45. The Bertz CT molecular complexity index is 3690. The Morgan fingerprint density at radius 3 is 1.80 bits per heavy atom. The van der Waals surface area contributed by atoms with Crippen molar-refractivity contribution in [3.63, 3.8) is 0 Å². The van der Waals surface area contributed by atoms with Crippen molar-refractivity contribution in [3.8, 4) is 50.7 Å². The van der Waals surface area contributed by atoms with Crippen LogP contribution in [0.1, 0.15) is 62.9 Å². The van der Waals surface area contributed by atoms with Gasteiger partial charge in [-0.05, 0) is 102 Å². The summed E-state index contributed by atoms with van der Waals surface area (Å²) < 4.78 is 12.4. The van der Waals surface area contributed by atoms with Gasteiger partial charge in [0, 0.05) is 88.7 Å². The van der Waals surface area contributed by atoms with Crippen LogP contribution in [0.4, 0.5) is 5.69 Å². The van der Waals surface area contributed by atoms with Gasteiger partial charge in [-0.15, -0.1) is 0 Å². The molecule has 0 bridgehead atoms. The van der Waals surface area contributed by atoms with Gasteiger partial charge < -0.3 is 50.2 Å². The molecule has 2 aliphatic heterocycles. The van der Waals surface area contributed by atoms with Gasteiger partial charge in [-0.3, -0.25) is 14.4 Å². The largest absolute Gasteiger partial charge is 0.508 e. The number of nitrogens with zero attached hydrogens (tertiary/aromatic N) is 1. The molecule has 2 heterocycles. The van der Waals surface area contributed by atoms with Gasteiger partial charge in [0.1, 0.15) is 28.4 Å². The highest BCUT2D eigenvalue weighted by Gasteiger charge is 2.27. The molecule has 0 spiro atoms. The second kappa shape index (κ2) is 17.7. The first-order valence-corrected chi connectivity index (χ1v) is 21.1. The molecule has 16 nitrogen and oxygen atoms in total. The van der Waals surface area contributed by atoms with E-state index in [1.807, 2.05) is 37.2 Å². The molecule has 5 aromatic rings. The molecule has 7 N–H and O–H groups in total. The van der Waals surface area contributed by atoms with Gasteiger partial charge in [0.25, 0.3) is 11.8 Å². The summed E-state index contributed by atoms with van der Waals surface area (Å²) in [6, 6.07) is 31.7. The van der Waals surface area contributed by atoms with E-state index >= 15 is 0 Å². The maximum absolute atomic E-state index is 13.5. The lowest BCUT2D eigenvalue weighted by molar-refractivity contribution is 0.0682. The van der Waals surface area contributed by atoms with E-state index in [1.54, 1.807) is 36.4 Å². The molecule has 9 rings (SSSR count). The molecule has 16 heteroatoms. The van der Waals surface area contributed by atoms with E-state index in [9.17, 15) is 49.2 Å². The molecular weight excluding hydrogens is 885 g/mol. The van der Waals surface area contributed by atoms with Crippen molar-refractivity contribution in [2.24, 2.45) is 0 Å². The van der Waals surface area contributed by atoms with E-state index in [1.165, 1.54) is 66.7 Å². The summed E-state index contributed by atoms with van der Waals surface area (Å²) in [6.45, 7) is -0.300. The van der Waals surface area contributed by atoms with E-state index < -0.39 is 35.2 Å². The number of benzene rings is 7. The van der Waals surface area contributed by atoms with E-state index in [-0.39, 0.29) is 74.5 Å². The van der Waals surface area contributed by atoms with Crippen molar-refractivity contribution in [2.45, 2.75) is 13.1 Å². The van der Waals surface area contributed by atoms with Crippen LogP contribution in [-0.2, 0) is 13.1 Å². The molecule has 0 radical (unpaired) electrons. The zero-order chi connectivity index (χ0) is 48.8. The number of carboxylic acids is 3. The third-order valence-corrected chi connectivity index (χ3v) is 11.8. The van der Waals surface area contributed by atoms with E-state index in [2.05, 4.69) is 10.6 Å². The molecule has 342 valence electrons. The molecule has 0 saturated heterocycles. The minimum absolute atomic E-state index is 0.00542. The maximum Gasteiger partial charge on any atom is 0.336 e. The molecule has 0 unspecified atom stereocenters. The van der Waals surface area contributed by atoms with E-state index in [0.717, 1.165) is 11.8 Å². The van der Waals surface area contributed by atoms with Gasteiger partial charge in [-0.1, -0.05) is 24.3 Å². The summed E-state index contributed by atoms with van der Waals surface area (Å²) in [5.41, 5.74) is 3.42. The van der Waals surface area contributed by atoms with Gasteiger partial charge in [0.05, 0.1) is 34.2 Å². The fourth-order valence-corrected chi connectivity index (χ4v) is 8.37. The Morgan fingerprint density at radius 2 is 1.13 bits per heavy atom. The number of hydrogen-bond acceptors (Lipinski definition) is 11. The fourth-order valence-electron chi connectivity index (χ4n) is 8.37. The number of fused-ring (bicyclic) bond motifs is 4. The lowest BCUT2D eigenvalue weighted by Crippen LogP contribution is -2.27. The Morgan fingerprint density at radius 1 is 0.565 bits per heavy atom. The third-order valence-electron chi connectivity index (χ3n) is 11.8. The Hall–Kier alpha value is -9.57. The monoisotopic (exact) mass is 922 g/mol. The molecule has 0 atom stereocenters. The second-order valence-corrected chi connectivity index (χ2v) is 16.3. The van der Waals surface area contributed by atoms with Crippen LogP contribution < -0.4 is 26.3 Å². The summed E-state index contributed by atoms with van der Waals surface area (Å²) in [7, 11) is 3.77. The first-order chi connectivity index (χ1) is 33.1. The quantitative estimate of drug-likeness (QED) is 0.0570. The number of anilines is 1. The standard InChI is InChI=1S/C53H38N4O12/c1-57(2)31-10-15-36-44(22-31)68-43-21-30(54)9-14-35(43)46(36)33-12-7-28(19-39(33)52(64)65)50(61)55-24-26-3-5-27(6-4-26)49(60)56-25-41-42(59)18-17-38-47(37-16-11-32(58)23-45(37)69-48(38)41)34-13-8-29(51(62)63)20-40(34)53(66)67/h3-23,54,58H,24-25H2,1-2H3,(H,55,61)(H,56,60)(H,62,63)(H,64,65)(H,66,67). The minimum Gasteiger partial charge on any atom is -0.508 e. The molecule has 69 heavy (non-hydrogen) atoms. The molecule has 2 amide bonds. The molecule has 5 aromatic carbocycles. The van der Waals surface area contributed by atoms with Gasteiger partial charge in [-0.2, -0.15) is 0 Å². The smallest absolute Gasteiger partial charge is 0.336 e. The summed E-state index contributed by atoms with van der Waals surface area (Å²) in [4.78, 5) is 79.2. The van der Waals surface area contributed by atoms with Crippen LogP contribution in [0.15, 0.2) is 141 Å². The van der Waals surface area contributed by atoms with Crippen LogP contribution in [0.25, 0.3) is 66.8 Å². The van der Waals surface area contributed by atoms with Crippen LogP contribution in [0.3, 0.4) is 0 Å². The maximum atomic E-state index is 13.5. The molecular formula is C53H38N4O12. The zero-order valence-corrected chi connectivity index (χ0v) is 36.5. The van der Waals surface area contributed by atoms with E-state index in [4.69, 9.17) is 14.2 Å². The topological polar surface area (TPSA) is 261 Å². The average molecular weight is 923 g/mol. The van der Waals surface area contributed by atoms with Crippen molar-refractivity contribution in [1.82, 2.24) is 10.6 Å². The number of phenolic OH excluding ortho intramolecular Hbond substituents is 1. The lowest BCUT2D eigenvalue weighted by atomic mass is 9.88. The molecule has 0 saturated carbocycles. The predicted molar refractivity (Wildman–Crippen MR) is 254 cm³/mol. The first kappa shape index (κ1) is 44.6. The number of phenols is 1. The Labute approximate surface area is 390 Å². The molecule has 2 aliphatic carbocycles. The summed E-state index contributed by atoms with van der Waals surface area (Å²) in [5, 5.41) is 55.4. The summed E-state index contributed by atoms with van der Waals surface area (Å²) in [5.74, 6) is -4.87. The number of rotatable bonds is 12. The van der Waals surface area contributed by atoms with Crippen LogP contribution >= 0.6 is 0 Å². The number of aromatic carboxylic acids is 3. The van der Waals surface area contributed by atoms with E-state index in [0.29, 0.717) is 55.5 Å². The highest BCUT2D eigenvalue weighted by Crippen LogP contribution is 2.44. The number of carbonyl (C=O) groups is 5. The first-order valence-electron chi connectivity index (χ1n) is 21.1. The van der Waals surface area contributed by atoms with Gasteiger partial charge in [0.15, 0.2) is 5.43 Å². The summed E-state index contributed by atoms with van der Waals surface area (Å²) >= 11 is 0. The second-order valence-electron chi connectivity index (χ2n) is 16.3. The lowest BCUT2D eigenvalue weighted by Gasteiger charge is -2.19. The van der Waals surface area contributed by atoms with Crippen LogP contribution in [0.5, 0.6) is 5.75 Å². The molecule has 4 aliphatic rings. The van der Waals surface area contributed by atoms with Crippen molar-refractivity contribution >= 4 is 57.3 Å². The minimum atomic E-state index is -1.40. The predicted octanol–water partition coefficient (Wildman–Crippen LogP) is 8.29. The Balaban J connectivity index is 0.934. The molecule has 0 aromatic heterocycles. The number of nitrogens with one attached hydrogen (secondary N) is 3. The van der Waals surface area contributed by atoms with Crippen molar-refractivity contribution in [1.29, 1.82) is 5.41 Å². The zero-order valence-electron chi connectivity index (χ0n) is 36.5. The molecule has 0 fully saturated rings. The van der Waals surface area contributed by atoms with Crippen molar-refractivity contribution < 1.29 is 53.2 Å².